The number of hydrogen-bond acceptors (Lipinski definition) is 3. The first kappa shape index (κ1) is 10.5. The fourth-order valence-corrected chi connectivity index (χ4v) is 1.56. The molecule has 0 unspecified atom stereocenters. The molecule has 1 aromatic carbocycles. The van der Waals surface area contributed by atoms with Gasteiger partial charge in [0.1, 0.15) is 5.76 Å². The Hall–Kier alpha value is -1.03. The van der Waals surface area contributed by atoms with E-state index in [1.165, 1.54) is 6.39 Å². The third-order valence-corrected chi connectivity index (χ3v) is 2.80. The molecule has 0 aliphatic rings. The van der Waals surface area contributed by atoms with Gasteiger partial charge in [0.2, 0.25) is 0 Å². The van der Waals surface area contributed by atoms with E-state index in [0.717, 1.165) is 5.56 Å². The predicted octanol–water partition coefficient (Wildman–Crippen LogP) is 3.03. The molecule has 2 N–H and O–H groups in total. The summed E-state index contributed by atoms with van der Waals surface area (Å²) in [6, 6.07) is 4.86. The fraction of sp³-hybridized carbons (Fsp3) is 0.100. The van der Waals surface area contributed by atoms with E-state index in [1.54, 1.807) is 24.4 Å². The van der Waals surface area contributed by atoms with E-state index in [2.05, 4.69) is 4.98 Å². The summed E-state index contributed by atoms with van der Waals surface area (Å²) in [6.07, 6.45) is 2.92. The molecule has 0 saturated carbocycles. The van der Waals surface area contributed by atoms with Crippen LogP contribution in [-0.4, -0.2) is 4.98 Å². The molecule has 0 aliphatic carbocycles. The fourth-order valence-electron chi connectivity index (χ4n) is 1.25. The molecular formula is C10H8Cl2N2O. The molecule has 0 amide bonds. The molecule has 5 heteroatoms. The first-order valence-electron chi connectivity index (χ1n) is 4.27. The number of nitrogens with two attached hydrogens (primary N) is 1. The monoisotopic (exact) mass is 242 g/mol. The molecule has 0 spiro atoms. The van der Waals surface area contributed by atoms with Crippen LogP contribution in [0.4, 0.5) is 0 Å². The number of halogens is 2. The van der Waals surface area contributed by atoms with Crippen molar-refractivity contribution in [2.24, 2.45) is 5.73 Å². The number of aromatic nitrogens is 1. The highest BCUT2D eigenvalue weighted by Gasteiger charge is 2.13. The highest BCUT2D eigenvalue weighted by molar-refractivity contribution is 6.42. The molecule has 78 valence electrons. The third kappa shape index (κ3) is 2.15. The standard InChI is InChI=1S/C10H8Cl2N2O/c11-7-2-1-6(3-8(7)12)10(13)9-4-14-5-15-9/h1-5,10H,13H2/t10-/m1/s1. The average Bonchev–Trinajstić information content (AvgIpc) is 2.74. The normalized spacial score (nSPS) is 12.7. The van der Waals surface area contributed by atoms with Gasteiger partial charge in [-0.3, -0.25) is 0 Å². The van der Waals surface area contributed by atoms with Crippen LogP contribution in [0, 0.1) is 0 Å². The van der Waals surface area contributed by atoms with Gasteiger partial charge in [-0.15, -0.1) is 0 Å². The van der Waals surface area contributed by atoms with Crippen LogP contribution in [0.5, 0.6) is 0 Å². The van der Waals surface area contributed by atoms with E-state index in [-0.39, 0.29) is 6.04 Å². The van der Waals surface area contributed by atoms with Gasteiger partial charge in [-0.2, -0.15) is 0 Å². The molecule has 15 heavy (non-hydrogen) atoms. The predicted molar refractivity (Wildman–Crippen MR) is 59.0 cm³/mol. The van der Waals surface area contributed by atoms with Crippen LogP contribution in [-0.2, 0) is 0 Å². The molecule has 1 heterocycles. The maximum Gasteiger partial charge on any atom is 0.180 e. The molecule has 2 rings (SSSR count). The van der Waals surface area contributed by atoms with E-state index < -0.39 is 0 Å². The summed E-state index contributed by atoms with van der Waals surface area (Å²) in [7, 11) is 0. The maximum absolute atomic E-state index is 5.94. The highest BCUT2D eigenvalue weighted by atomic mass is 35.5. The summed E-state index contributed by atoms with van der Waals surface area (Å²) in [5.74, 6) is 0.591. The Bertz CT molecular complexity index is 456. The molecule has 0 fully saturated rings. The van der Waals surface area contributed by atoms with Crippen LogP contribution in [0.15, 0.2) is 35.2 Å². The first-order valence-corrected chi connectivity index (χ1v) is 5.03. The van der Waals surface area contributed by atoms with E-state index in [0.29, 0.717) is 15.8 Å². The minimum Gasteiger partial charge on any atom is -0.446 e. The van der Waals surface area contributed by atoms with Crippen LogP contribution in [0.25, 0.3) is 0 Å². The first-order chi connectivity index (χ1) is 7.18. The molecule has 0 bridgehead atoms. The van der Waals surface area contributed by atoms with E-state index >= 15 is 0 Å². The van der Waals surface area contributed by atoms with Gasteiger partial charge in [-0.25, -0.2) is 4.98 Å². The summed E-state index contributed by atoms with van der Waals surface area (Å²) < 4.78 is 5.11. The maximum atomic E-state index is 5.94. The summed E-state index contributed by atoms with van der Waals surface area (Å²) in [5, 5.41) is 0.981. The van der Waals surface area contributed by atoms with Gasteiger partial charge in [-0.05, 0) is 17.7 Å². The summed E-state index contributed by atoms with van der Waals surface area (Å²) in [5.41, 5.74) is 6.78. The Labute approximate surface area is 96.8 Å². The number of oxazole rings is 1. The van der Waals surface area contributed by atoms with E-state index in [4.69, 9.17) is 33.4 Å². The Morgan fingerprint density at radius 2 is 2.07 bits per heavy atom. The van der Waals surface area contributed by atoms with Gasteiger partial charge in [0.25, 0.3) is 0 Å². The summed E-state index contributed by atoms with van der Waals surface area (Å²) >= 11 is 11.7. The molecular weight excluding hydrogens is 235 g/mol. The van der Waals surface area contributed by atoms with Crippen molar-refractivity contribution in [2.45, 2.75) is 6.04 Å². The van der Waals surface area contributed by atoms with Gasteiger partial charge in [0.15, 0.2) is 6.39 Å². The van der Waals surface area contributed by atoms with Crippen LogP contribution < -0.4 is 5.73 Å². The van der Waals surface area contributed by atoms with Gasteiger partial charge < -0.3 is 10.2 Å². The second kappa shape index (κ2) is 4.23. The minimum absolute atomic E-state index is 0.373. The lowest BCUT2D eigenvalue weighted by atomic mass is 10.1. The number of nitrogens with zero attached hydrogens (tertiary/aromatic N) is 1. The Kier molecular flexibility index (Phi) is 2.95. The largest absolute Gasteiger partial charge is 0.446 e. The number of hydrogen-bond donors (Lipinski definition) is 1. The van der Waals surface area contributed by atoms with E-state index in [1.807, 2.05) is 0 Å². The van der Waals surface area contributed by atoms with Crippen molar-refractivity contribution < 1.29 is 4.42 Å². The van der Waals surface area contributed by atoms with Crippen LogP contribution >= 0.6 is 23.2 Å². The minimum atomic E-state index is -0.373. The lowest BCUT2D eigenvalue weighted by molar-refractivity contribution is 0.485. The van der Waals surface area contributed by atoms with Crippen molar-refractivity contribution in [1.29, 1.82) is 0 Å². The van der Waals surface area contributed by atoms with Crippen molar-refractivity contribution in [3.63, 3.8) is 0 Å². The van der Waals surface area contributed by atoms with Crippen LogP contribution in [0.2, 0.25) is 10.0 Å². The van der Waals surface area contributed by atoms with Gasteiger partial charge in [0, 0.05) is 0 Å². The van der Waals surface area contributed by atoms with Crippen molar-refractivity contribution in [3.05, 3.63) is 52.2 Å². The third-order valence-electron chi connectivity index (χ3n) is 2.06. The molecule has 0 saturated heterocycles. The van der Waals surface area contributed by atoms with Crippen molar-refractivity contribution in [3.8, 4) is 0 Å². The Morgan fingerprint density at radius 1 is 1.27 bits per heavy atom. The topological polar surface area (TPSA) is 52.0 Å². The number of rotatable bonds is 2. The SMILES string of the molecule is N[C@H](c1ccc(Cl)c(Cl)c1)c1cnco1. The second-order valence-corrected chi connectivity index (χ2v) is 3.87. The Morgan fingerprint density at radius 3 is 2.67 bits per heavy atom. The van der Waals surface area contributed by atoms with E-state index in [9.17, 15) is 0 Å². The smallest absolute Gasteiger partial charge is 0.180 e. The van der Waals surface area contributed by atoms with Crippen molar-refractivity contribution in [1.82, 2.24) is 4.98 Å². The quantitative estimate of drug-likeness (QED) is 0.881. The van der Waals surface area contributed by atoms with Gasteiger partial charge in [0.05, 0.1) is 22.3 Å². The molecule has 3 nitrogen and oxygen atoms in total. The molecule has 1 aromatic heterocycles. The highest BCUT2D eigenvalue weighted by Crippen LogP contribution is 2.27. The van der Waals surface area contributed by atoms with Gasteiger partial charge in [-0.1, -0.05) is 29.3 Å². The molecule has 1 atom stereocenters. The molecule has 0 aliphatic heterocycles. The lowest BCUT2D eigenvalue weighted by Gasteiger charge is -2.09. The van der Waals surface area contributed by atoms with Crippen molar-refractivity contribution in [2.75, 3.05) is 0 Å². The van der Waals surface area contributed by atoms with Crippen molar-refractivity contribution >= 4 is 23.2 Å². The number of benzene rings is 1. The Balaban J connectivity index is 2.34. The molecule has 0 radical (unpaired) electrons. The van der Waals surface area contributed by atoms with Crippen LogP contribution in [0.1, 0.15) is 17.4 Å². The summed E-state index contributed by atoms with van der Waals surface area (Å²) in [6.45, 7) is 0. The zero-order valence-electron chi connectivity index (χ0n) is 7.65. The summed E-state index contributed by atoms with van der Waals surface area (Å²) in [4.78, 5) is 3.80. The average molecular weight is 243 g/mol. The lowest BCUT2D eigenvalue weighted by Crippen LogP contribution is -2.10. The zero-order chi connectivity index (χ0) is 10.8. The molecule has 2 aromatic rings. The van der Waals surface area contributed by atoms with Crippen LogP contribution in [0.3, 0.4) is 0 Å². The zero-order valence-corrected chi connectivity index (χ0v) is 9.16. The van der Waals surface area contributed by atoms with Gasteiger partial charge >= 0.3 is 0 Å². The second-order valence-electron chi connectivity index (χ2n) is 3.06.